The van der Waals surface area contributed by atoms with Crippen molar-refractivity contribution >= 4 is 28.7 Å². The first-order valence-corrected chi connectivity index (χ1v) is 7.05. The molecule has 0 heterocycles. The van der Waals surface area contributed by atoms with Gasteiger partial charge in [0.25, 0.3) is 0 Å². The number of rotatable bonds is 5. The van der Waals surface area contributed by atoms with E-state index in [2.05, 4.69) is 5.32 Å². The van der Waals surface area contributed by atoms with E-state index in [9.17, 15) is 0 Å². The maximum atomic E-state index is 6.11. The van der Waals surface area contributed by atoms with Crippen LogP contribution in [0.1, 0.15) is 12.5 Å². The normalized spacial score (nSPS) is 10.3. The highest BCUT2D eigenvalue weighted by atomic mass is 35.5. The number of nitrogens with two attached hydrogens (primary N) is 1. The average molecular weight is 307 g/mol. The molecule has 0 aliphatic carbocycles. The molecule has 0 bridgehead atoms. The Hall–Kier alpha value is -2.07. The van der Waals surface area contributed by atoms with E-state index in [0.29, 0.717) is 23.1 Å². The minimum Gasteiger partial charge on any atom is -0.495 e. The Morgan fingerprint density at radius 1 is 1.19 bits per heavy atom. The van der Waals surface area contributed by atoms with E-state index in [-0.39, 0.29) is 0 Å². The summed E-state index contributed by atoms with van der Waals surface area (Å²) in [5, 5.41) is 3.95. The number of benzene rings is 2. The lowest BCUT2D eigenvalue weighted by Gasteiger charge is -2.14. The van der Waals surface area contributed by atoms with Gasteiger partial charge in [-0.1, -0.05) is 11.6 Å². The molecule has 0 fully saturated rings. The first-order valence-electron chi connectivity index (χ1n) is 6.68. The summed E-state index contributed by atoms with van der Waals surface area (Å²) in [6.45, 7) is 4.46. The smallest absolute Gasteiger partial charge is 0.143 e. The molecule has 21 heavy (non-hydrogen) atoms. The first-order chi connectivity index (χ1) is 10.0. The van der Waals surface area contributed by atoms with Crippen LogP contribution >= 0.6 is 11.6 Å². The van der Waals surface area contributed by atoms with Gasteiger partial charge < -0.3 is 20.5 Å². The summed E-state index contributed by atoms with van der Waals surface area (Å²) in [7, 11) is 1.61. The van der Waals surface area contributed by atoms with Crippen molar-refractivity contribution in [1.82, 2.24) is 0 Å². The molecule has 3 N–H and O–H groups in total. The molecule has 4 nitrogen and oxygen atoms in total. The fourth-order valence-electron chi connectivity index (χ4n) is 2.03. The summed E-state index contributed by atoms with van der Waals surface area (Å²) in [4.78, 5) is 0. The molecule has 0 spiro atoms. The van der Waals surface area contributed by atoms with Crippen molar-refractivity contribution in [2.75, 3.05) is 24.8 Å². The predicted octanol–water partition coefficient (Wildman–Crippen LogP) is 4.38. The van der Waals surface area contributed by atoms with Gasteiger partial charge in [0.15, 0.2) is 0 Å². The molecule has 2 aromatic carbocycles. The Balaban J connectivity index is 2.35. The SMILES string of the molecule is CCOc1cc(N)cc(Nc2cc(C)c(Cl)cc2OC)c1. The Morgan fingerprint density at radius 3 is 2.62 bits per heavy atom. The van der Waals surface area contributed by atoms with Crippen molar-refractivity contribution in [3.8, 4) is 11.5 Å². The van der Waals surface area contributed by atoms with Crippen LogP contribution in [0, 0.1) is 6.92 Å². The molecule has 0 unspecified atom stereocenters. The van der Waals surface area contributed by atoms with Gasteiger partial charge >= 0.3 is 0 Å². The Bertz CT molecular complexity index is 644. The second kappa shape index (κ2) is 6.59. The lowest BCUT2D eigenvalue weighted by atomic mass is 10.2. The summed E-state index contributed by atoms with van der Waals surface area (Å²) in [6.07, 6.45) is 0. The molecule has 2 rings (SSSR count). The van der Waals surface area contributed by atoms with Gasteiger partial charge in [0.2, 0.25) is 0 Å². The lowest BCUT2D eigenvalue weighted by Crippen LogP contribution is -1.99. The van der Waals surface area contributed by atoms with Crippen molar-refractivity contribution in [2.45, 2.75) is 13.8 Å². The Morgan fingerprint density at radius 2 is 1.95 bits per heavy atom. The van der Waals surface area contributed by atoms with Crippen LogP contribution in [0.25, 0.3) is 0 Å². The van der Waals surface area contributed by atoms with Gasteiger partial charge in [-0.3, -0.25) is 0 Å². The fraction of sp³-hybridized carbons (Fsp3) is 0.250. The number of halogens is 1. The first kappa shape index (κ1) is 15.3. The molecule has 0 saturated heterocycles. The molecule has 2 aromatic rings. The topological polar surface area (TPSA) is 56.5 Å². The average Bonchev–Trinajstić information content (AvgIpc) is 2.42. The van der Waals surface area contributed by atoms with Crippen LogP contribution in [0.15, 0.2) is 30.3 Å². The molecule has 5 heteroatoms. The molecule has 112 valence electrons. The minimum absolute atomic E-state index is 0.590. The predicted molar refractivity (Wildman–Crippen MR) is 88.0 cm³/mol. The van der Waals surface area contributed by atoms with Crippen LogP contribution in [-0.2, 0) is 0 Å². The van der Waals surface area contributed by atoms with Crippen molar-refractivity contribution < 1.29 is 9.47 Å². The number of methoxy groups -OCH3 is 1. The van der Waals surface area contributed by atoms with Crippen LogP contribution in [0.3, 0.4) is 0 Å². The summed E-state index contributed by atoms with van der Waals surface area (Å²) < 4.78 is 10.8. The summed E-state index contributed by atoms with van der Waals surface area (Å²) >= 11 is 6.11. The number of hydrogen-bond donors (Lipinski definition) is 2. The zero-order valence-electron chi connectivity index (χ0n) is 12.4. The van der Waals surface area contributed by atoms with Gasteiger partial charge in [-0.25, -0.2) is 0 Å². The van der Waals surface area contributed by atoms with E-state index in [1.807, 2.05) is 32.0 Å². The van der Waals surface area contributed by atoms with Crippen LogP contribution < -0.4 is 20.5 Å². The van der Waals surface area contributed by atoms with Crippen LogP contribution in [0.5, 0.6) is 11.5 Å². The van der Waals surface area contributed by atoms with Gasteiger partial charge in [0.1, 0.15) is 11.5 Å². The maximum Gasteiger partial charge on any atom is 0.143 e. The van der Waals surface area contributed by atoms with Crippen molar-refractivity contribution in [1.29, 1.82) is 0 Å². The number of aryl methyl sites for hydroxylation is 1. The highest BCUT2D eigenvalue weighted by Crippen LogP contribution is 2.34. The molecule has 0 saturated carbocycles. The maximum absolute atomic E-state index is 6.11. The standard InChI is InChI=1S/C16H19ClN2O2/c1-4-21-13-7-11(18)6-12(8-13)19-15-5-10(2)14(17)9-16(15)20-3/h5-9,19H,4,18H2,1-3H3. The molecule has 0 aliphatic rings. The van der Waals surface area contributed by atoms with E-state index in [0.717, 1.165) is 22.7 Å². The molecule has 0 aromatic heterocycles. The third-order valence-corrected chi connectivity index (χ3v) is 3.41. The van der Waals surface area contributed by atoms with E-state index in [1.165, 1.54) is 0 Å². The zero-order chi connectivity index (χ0) is 15.4. The third kappa shape index (κ3) is 3.73. The second-order valence-corrected chi connectivity index (χ2v) is 5.06. The number of nitrogen functional groups attached to an aromatic ring is 1. The monoisotopic (exact) mass is 306 g/mol. The van der Waals surface area contributed by atoms with Gasteiger partial charge in [0, 0.05) is 34.6 Å². The van der Waals surface area contributed by atoms with Crippen LogP contribution in [-0.4, -0.2) is 13.7 Å². The molecule has 0 atom stereocenters. The Kier molecular flexibility index (Phi) is 4.81. The van der Waals surface area contributed by atoms with Crippen molar-refractivity contribution in [2.24, 2.45) is 0 Å². The number of ether oxygens (including phenoxy) is 2. The summed E-state index contributed by atoms with van der Waals surface area (Å²) in [5.41, 5.74) is 9.15. The zero-order valence-corrected chi connectivity index (χ0v) is 13.1. The molecular weight excluding hydrogens is 288 g/mol. The summed E-state index contributed by atoms with van der Waals surface area (Å²) in [5.74, 6) is 1.40. The molecule has 0 radical (unpaired) electrons. The van der Waals surface area contributed by atoms with E-state index in [1.54, 1.807) is 19.2 Å². The van der Waals surface area contributed by atoms with E-state index < -0.39 is 0 Å². The van der Waals surface area contributed by atoms with Gasteiger partial charge in [-0.15, -0.1) is 0 Å². The number of hydrogen-bond acceptors (Lipinski definition) is 4. The number of anilines is 3. The largest absolute Gasteiger partial charge is 0.495 e. The highest BCUT2D eigenvalue weighted by molar-refractivity contribution is 6.31. The van der Waals surface area contributed by atoms with E-state index in [4.69, 9.17) is 26.8 Å². The lowest BCUT2D eigenvalue weighted by molar-refractivity contribution is 0.340. The van der Waals surface area contributed by atoms with Crippen LogP contribution in [0.2, 0.25) is 5.02 Å². The van der Waals surface area contributed by atoms with Gasteiger partial charge in [-0.2, -0.15) is 0 Å². The second-order valence-electron chi connectivity index (χ2n) is 4.65. The molecule has 0 aliphatic heterocycles. The third-order valence-electron chi connectivity index (χ3n) is 3.00. The van der Waals surface area contributed by atoms with Gasteiger partial charge in [0.05, 0.1) is 19.4 Å². The summed E-state index contributed by atoms with van der Waals surface area (Å²) in [6, 6.07) is 9.24. The Labute approximate surface area is 129 Å². The highest BCUT2D eigenvalue weighted by Gasteiger charge is 2.08. The van der Waals surface area contributed by atoms with Crippen molar-refractivity contribution in [3.63, 3.8) is 0 Å². The van der Waals surface area contributed by atoms with Gasteiger partial charge in [-0.05, 0) is 31.5 Å². The molecule has 0 amide bonds. The van der Waals surface area contributed by atoms with Crippen molar-refractivity contribution in [3.05, 3.63) is 40.9 Å². The molecular formula is C16H19ClN2O2. The van der Waals surface area contributed by atoms with Crippen LogP contribution in [0.4, 0.5) is 17.1 Å². The fourth-order valence-corrected chi connectivity index (χ4v) is 2.18. The minimum atomic E-state index is 0.590. The quantitative estimate of drug-likeness (QED) is 0.805. The number of nitrogens with one attached hydrogen (secondary N) is 1. The van der Waals surface area contributed by atoms with E-state index >= 15 is 0 Å².